The molecule has 5 heteroatoms. The lowest BCUT2D eigenvalue weighted by atomic mass is 10.1. The molecule has 0 aromatic rings. The van der Waals surface area contributed by atoms with Crippen LogP contribution in [0.2, 0.25) is 0 Å². The van der Waals surface area contributed by atoms with Crippen LogP contribution in [0.1, 0.15) is 26.2 Å². The molecule has 15 heavy (non-hydrogen) atoms. The zero-order chi connectivity index (χ0) is 11.4. The molecule has 1 aliphatic carbocycles. The Balaban J connectivity index is 2.37. The summed E-state index contributed by atoms with van der Waals surface area (Å²) >= 11 is 0. The van der Waals surface area contributed by atoms with Gasteiger partial charge in [0.1, 0.15) is 0 Å². The number of nitriles is 1. The van der Waals surface area contributed by atoms with Gasteiger partial charge in [-0.2, -0.15) is 5.26 Å². The summed E-state index contributed by atoms with van der Waals surface area (Å²) in [7, 11) is 0. The van der Waals surface area contributed by atoms with Crippen LogP contribution in [0.5, 0.6) is 0 Å². The fourth-order valence-electron chi connectivity index (χ4n) is 1.47. The standard InChI is InChI=1S/C10H14N2O3/c1-2-6(3-4-11)12-9(13)7-5-8(7)10(14)15/h6-8H,2-3,5H2,1H3,(H,12,13)(H,14,15). The second kappa shape index (κ2) is 4.78. The average Bonchev–Trinajstić information content (AvgIpc) is 2.96. The second-order valence-electron chi connectivity index (χ2n) is 3.76. The molecule has 2 N–H and O–H groups in total. The van der Waals surface area contributed by atoms with Crippen molar-refractivity contribution in [2.24, 2.45) is 11.8 Å². The van der Waals surface area contributed by atoms with Gasteiger partial charge in [0.2, 0.25) is 5.91 Å². The molecule has 5 nitrogen and oxygen atoms in total. The smallest absolute Gasteiger partial charge is 0.307 e. The normalized spacial score (nSPS) is 25.1. The minimum atomic E-state index is -0.913. The van der Waals surface area contributed by atoms with Crippen molar-refractivity contribution in [3.8, 4) is 6.07 Å². The zero-order valence-corrected chi connectivity index (χ0v) is 8.56. The first kappa shape index (κ1) is 11.5. The Morgan fingerprint density at radius 1 is 1.60 bits per heavy atom. The highest BCUT2D eigenvalue weighted by atomic mass is 16.4. The second-order valence-corrected chi connectivity index (χ2v) is 3.76. The Morgan fingerprint density at radius 2 is 2.27 bits per heavy atom. The van der Waals surface area contributed by atoms with Crippen molar-refractivity contribution in [3.63, 3.8) is 0 Å². The van der Waals surface area contributed by atoms with Gasteiger partial charge in [-0.1, -0.05) is 6.92 Å². The number of carboxylic acid groups (broad SMARTS) is 1. The zero-order valence-electron chi connectivity index (χ0n) is 8.56. The van der Waals surface area contributed by atoms with Gasteiger partial charge >= 0.3 is 5.97 Å². The fraction of sp³-hybridized carbons (Fsp3) is 0.700. The summed E-state index contributed by atoms with van der Waals surface area (Å²) in [4.78, 5) is 22.0. The summed E-state index contributed by atoms with van der Waals surface area (Å²) in [6.45, 7) is 1.88. The predicted molar refractivity (Wildman–Crippen MR) is 51.7 cm³/mol. The number of hydrogen-bond acceptors (Lipinski definition) is 3. The summed E-state index contributed by atoms with van der Waals surface area (Å²) in [5.74, 6) is -2.06. The summed E-state index contributed by atoms with van der Waals surface area (Å²) in [6.07, 6.45) is 1.38. The van der Waals surface area contributed by atoms with E-state index in [-0.39, 0.29) is 18.4 Å². The highest BCUT2D eigenvalue weighted by Crippen LogP contribution is 2.38. The molecule has 0 radical (unpaired) electrons. The van der Waals surface area contributed by atoms with Crippen LogP contribution in [-0.2, 0) is 9.59 Å². The molecule has 3 unspecified atom stereocenters. The Labute approximate surface area is 88.1 Å². The van der Waals surface area contributed by atoms with E-state index < -0.39 is 17.8 Å². The van der Waals surface area contributed by atoms with Crippen molar-refractivity contribution >= 4 is 11.9 Å². The van der Waals surface area contributed by atoms with E-state index in [0.29, 0.717) is 12.8 Å². The van der Waals surface area contributed by atoms with E-state index in [4.69, 9.17) is 10.4 Å². The van der Waals surface area contributed by atoms with E-state index in [1.54, 1.807) is 0 Å². The minimum absolute atomic E-state index is 0.155. The van der Waals surface area contributed by atoms with Gasteiger partial charge in [0.25, 0.3) is 0 Å². The van der Waals surface area contributed by atoms with Crippen molar-refractivity contribution < 1.29 is 14.7 Å². The molecule has 0 heterocycles. The third-order valence-electron chi connectivity index (χ3n) is 2.62. The number of carbonyl (C=O) groups is 2. The maximum absolute atomic E-state index is 11.5. The van der Waals surface area contributed by atoms with Crippen LogP contribution in [0.25, 0.3) is 0 Å². The Kier molecular flexibility index (Phi) is 3.67. The van der Waals surface area contributed by atoms with Gasteiger partial charge in [-0.15, -0.1) is 0 Å². The predicted octanol–water partition coefficient (Wildman–Crippen LogP) is 0.516. The molecule has 0 bridgehead atoms. The first-order chi connectivity index (χ1) is 7.10. The van der Waals surface area contributed by atoms with E-state index in [0.717, 1.165) is 0 Å². The van der Waals surface area contributed by atoms with Gasteiger partial charge in [-0.05, 0) is 12.8 Å². The molecular formula is C10H14N2O3. The molecule has 1 amide bonds. The maximum Gasteiger partial charge on any atom is 0.307 e. The molecule has 0 saturated heterocycles. The van der Waals surface area contributed by atoms with Crippen molar-refractivity contribution in [2.45, 2.75) is 32.2 Å². The molecule has 3 atom stereocenters. The number of nitrogens with zero attached hydrogens (tertiary/aromatic N) is 1. The first-order valence-corrected chi connectivity index (χ1v) is 5.00. The lowest BCUT2D eigenvalue weighted by Gasteiger charge is -2.12. The molecular weight excluding hydrogens is 196 g/mol. The van der Waals surface area contributed by atoms with Crippen molar-refractivity contribution in [2.75, 3.05) is 0 Å². The number of nitrogens with one attached hydrogen (secondary N) is 1. The third kappa shape index (κ3) is 2.94. The Bertz CT molecular complexity index is 308. The van der Waals surface area contributed by atoms with E-state index in [2.05, 4.69) is 5.32 Å². The van der Waals surface area contributed by atoms with E-state index in [9.17, 15) is 9.59 Å². The molecule has 1 saturated carbocycles. The Morgan fingerprint density at radius 3 is 2.67 bits per heavy atom. The molecule has 0 aromatic carbocycles. The van der Waals surface area contributed by atoms with Gasteiger partial charge in [0, 0.05) is 6.04 Å². The van der Waals surface area contributed by atoms with Crippen molar-refractivity contribution in [3.05, 3.63) is 0 Å². The van der Waals surface area contributed by atoms with Crippen LogP contribution in [-0.4, -0.2) is 23.0 Å². The van der Waals surface area contributed by atoms with Crippen LogP contribution in [0.15, 0.2) is 0 Å². The Hall–Kier alpha value is -1.57. The van der Waals surface area contributed by atoms with E-state index >= 15 is 0 Å². The van der Waals surface area contributed by atoms with Crippen LogP contribution < -0.4 is 5.32 Å². The van der Waals surface area contributed by atoms with Gasteiger partial charge in [0.05, 0.1) is 24.3 Å². The van der Waals surface area contributed by atoms with Crippen LogP contribution in [0.3, 0.4) is 0 Å². The number of rotatable bonds is 5. The average molecular weight is 210 g/mol. The molecule has 0 spiro atoms. The maximum atomic E-state index is 11.5. The number of aliphatic carboxylic acids is 1. The van der Waals surface area contributed by atoms with Crippen molar-refractivity contribution in [1.29, 1.82) is 5.26 Å². The quantitative estimate of drug-likeness (QED) is 0.692. The van der Waals surface area contributed by atoms with Gasteiger partial charge < -0.3 is 10.4 Å². The summed E-state index contributed by atoms with van der Waals surface area (Å²) in [5, 5.41) is 19.8. The van der Waals surface area contributed by atoms with Crippen LogP contribution in [0, 0.1) is 23.2 Å². The number of amides is 1. The molecule has 0 aliphatic heterocycles. The van der Waals surface area contributed by atoms with Crippen LogP contribution in [0.4, 0.5) is 0 Å². The fourth-order valence-corrected chi connectivity index (χ4v) is 1.47. The number of hydrogen-bond donors (Lipinski definition) is 2. The monoisotopic (exact) mass is 210 g/mol. The minimum Gasteiger partial charge on any atom is -0.481 e. The van der Waals surface area contributed by atoms with Gasteiger partial charge in [-0.25, -0.2) is 0 Å². The third-order valence-corrected chi connectivity index (χ3v) is 2.62. The van der Waals surface area contributed by atoms with Gasteiger partial charge in [0.15, 0.2) is 0 Å². The largest absolute Gasteiger partial charge is 0.481 e. The highest BCUT2D eigenvalue weighted by molar-refractivity contribution is 5.89. The molecule has 1 fully saturated rings. The summed E-state index contributed by atoms with van der Waals surface area (Å²) in [5.41, 5.74) is 0. The topological polar surface area (TPSA) is 90.2 Å². The molecule has 82 valence electrons. The lowest BCUT2D eigenvalue weighted by molar-refractivity contribution is -0.140. The van der Waals surface area contributed by atoms with E-state index in [1.165, 1.54) is 0 Å². The molecule has 0 aromatic heterocycles. The summed E-state index contributed by atoms with van der Waals surface area (Å²) in [6, 6.07) is 1.83. The lowest BCUT2D eigenvalue weighted by Crippen LogP contribution is -2.35. The van der Waals surface area contributed by atoms with E-state index in [1.807, 2.05) is 13.0 Å². The number of carboxylic acids is 1. The first-order valence-electron chi connectivity index (χ1n) is 5.00. The molecule has 1 rings (SSSR count). The number of carbonyl (C=O) groups excluding carboxylic acids is 1. The highest BCUT2D eigenvalue weighted by Gasteiger charge is 2.48. The molecule has 1 aliphatic rings. The van der Waals surface area contributed by atoms with Crippen molar-refractivity contribution in [1.82, 2.24) is 5.32 Å². The van der Waals surface area contributed by atoms with Crippen LogP contribution >= 0.6 is 0 Å². The summed E-state index contributed by atoms with van der Waals surface area (Å²) < 4.78 is 0. The van der Waals surface area contributed by atoms with Gasteiger partial charge in [-0.3, -0.25) is 9.59 Å². The SMILES string of the molecule is CCC(CC#N)NC(=O)C1CC1C(=O)O.